The van der Waals surface area contributed by atoms with E-state index in [1.54, 1.807) is 0 Å². The first kappa shape index (κ1) is 18.0. The van der Waals surface area contributed by atoms with E-state index in [1.165, 1.54) is 19.3 Å². The van der Waals surface area contributed by atoms with E-state index < -0.39 is 0 Å². The Hall–Kier alpha value is -1.39. The van der Waals surface area contributed by atoms with Crippen molar-refractivity contribution >= 4 is 5.97 Å². The summed E-state index contributed by atoms with van der Waals surface area (Å²) in [6.07, 6.45) is 8.60. The standard InChI is InChI=1S/C22H31NO3/c1-25-19-11-9-18(10-12-19)23-21-17-8-7-16(13-17)20(21)22(24)26-14-15-5-3-2-4-6-15/h2-6,16-21,23H,7-14H2,1H3/t16-,17-,18?,19?,20-,21+/m0/s1. The Labute approximate surface area is 156 Å². The molecule has 3 aliphatic carbocycles. The van der Waals surface area contributed by atoms with Crippen molar-refractivity contribution in [3.63, 3.8) is 0 Å². The van der Waals surface area contributed by atoms with E-state index in [2.05, 4.69) is 5.32 Å². The van der Waals surface area contributed by atoms with Crippen molar-refractivity contribution in [3.8, 4) is 0 Å². The lowest BCUT2D eigenvalue weighted by Crippen LogP contribution is -2.50. The zero-order valence-corrected chi connectivity index (χ0v) is 15.7. The van der Waals surface area contributed by atoms with Crippen molar-refractivity contribution in [1.82, 2.24) is 5.32 Å². The van der Waals surface area contributed by atoms with E-state index in [9.17, 15) is 4.79 Å². The number of hydrogen-bond acceptors (Lipinski definition) is 4. The number of carbonyl (C=O) groups excluding carboxylic acids is 1. The average molecular weight is 357 g/mol. The van der Waals surface area contributed by atoms with Crippen LogP contribution in [-0.2, 0) is 20.9 Å². The summed E-state index contributed by atoms with van der Waals surface area (Å²) in [5.74, 6) is 1.20. The molecule has 3 saturated carbocycles. The molecule has 3 aliphatic rings. The fraction of sp³-hybridized carbons (Fsp3) is 0.682. The van der Waals surface area contributed by atoms with E-state index in [1.807, 2.05) is 37.4 Å². The Morgan fingerprint density at radius 2 is 1.77 bits per heavy atom. The fourth-order valence-electron chi connectivity index (χ4n) is 5.43. The summed E-state index contributed by atoms with van der Waals surface area (Å²) >= 11 is 0. The van der Waals surface area contributed by atoms with Gasteiger partial charge in [-0.3, -0.25) is 4.79 Å². The summed E-state index contributed by atoms with van der Waals surface area (Å²) in [5.41, 5.74) is 1.06. The van der Waals surface area contributed by atoms with Gasteiger partial charge in [0.05, 0.1) is 12.0 Å². The third kappa shape index (κ3) is 3.81. The molecule has 1 aromatic carbocycles. The van der Waals surface area contributed by atoms with Crippen LogP contribution in [0, 0.1) is 17.8 Å². The van der Waals surface area contributed by atoms with Crippen LogP contribution in [0.15, 0.2) is 30.3 Å². The largest absolute Gasteiger partial charge is 0.461 e. The van der Waals surface area contributed by atoms with Crippen molar-refractivity contribution in [1.29, 1.82) is 0 Å². The highest BCUT2D eigenvalue weighted by atomic mass is 16.5. The van der Waals surface area contributed by atoms with E-state index >= 15 is 0 Å². The maximum Gasteiger partial charge on any atom is 0.311 e. The van der Waals surface area contributed by atoms with Gasteiger partial charge >= 0.3 is 5.97 Å². The third-order valence-electron chi connectivity index (χ3n) is 6.85. The van der Waals surface area contributed by atoms with Gasteiger partial charge in [-0.1, -0.05) is 30.3 Å². The normalized spacial score (nSPS) is 36.2. The van der Waals surface area contributed by atoms with Crippen LogP contribution in [0.2, 0.25) is 0 Å². The number of hydrogen-bond donors (Lipinski definition) is 1. The number of fused-ring (bicyclic) bond motifs is 2. The first-order valence-corrected chi connectivity index (χ1v) is 10.2. The Bertz CT molecular complexity index is 597. The molecule has 4 rings (SSSR count). The summed E-state index contributed by atoms with van der Waals surface area (Å²) in [6.45, 7) is 0.388. The second-order valence-corrected chi connectivity index (χ2v) is 8.35. The van der Waals surface area contributed by atoms with Gasteiger partial charge in [-0.2, -0.15) is 0 Å². The van der Waals surface area contributed by atoms with Crippen LogP contribution in [-0.4, -0.2) is 31.3 Å². The highest BCUT2D eigenvalue weighted by Gasteiger charge is 2.52. The van der Waals surface area contributed by atoms with Crippen LogP contribution in [0.5, 0.6) is 0 Å². The van der Waals surface area contributed by atoms with Gasteiger partial charge in [-0.15, -0.1) is 0 Å². The summed E-state index contributed by atoms with van der Waals surface area (Å²) in [4.78, 5) is 12.9. The molecule has 0 saturated heterocycles. The van der Waals surface area contributed by atoms with Gasteiger partial charge in [0, 0.05) is 19.2 Å². The van der Waals surface area contributed by atoms with E-state index in [-0.39, 0.29) is 11.9 Å². The second kappa shape index (κ2) is 8.10. The van der Waals surface area contributed by atoms with Crippen LogP contribution in [0.25, 0.3) is 0 Å². The predicted octanol–water partition coefficient (Wildman–Crippen LogP) is 3.69. The van der Waals surface area contributed by atoms with Gasteiger partial charge in [-0.25, -0.2) is 0 Å². The van der Waals surface area contributed by atoms with Crippen molar-refractivity contribution in [2.24, 2.45) is 17.8 Å². The third-order valence-corrected chi connectivity index (χ3v) is 6.85. The Morgan fingerprint density at radius 3 is 2.50 bits per heavy atom. The zero-order valence-electron chi connectivity index (χ0n) is 15.7. The molecule has 0 aromatic heterocycles. The number of ether oxygens (including phenoxy) is 2. The molecule has 0 aliphatic heterocycles. The molecule has 26 heavy (non-hydrogen) atoms. The molecule has 0 unspecified atom stereocenters. The van der Waals surface area contributed by atoms with Crippen LogP contribution in [0.3, 0.4) is 0 Å². The summed E-state index contributed by atoms with van der Waals surface area (Å²) in [6, 6.07) is 10.8. The van der Waals surface area contributed by atoms with E-state index in [4.69, 9.17) is 9.47 Å². The second-order valence-electron chi connectivity index (χ2n) is 8.35. The molecule has 3 fully saturated rings. The lowest BCUT2D eigenvalue weighted by atomic mass is 9.82. The molecule has 1 N–H and O–H groups in total. The summed E-state index contributed by atoms with van der Waals surface area (Å²) in [5, 5.41) is 3.87. The minimum Gasteiger partial charge on any atom is -0.461 e. The number of esters is 1. The van der Waals surface area contributed by atoms with Crippen molar-refractivity contribution in [2.75, 3.05) is 7.11 Å². The summed E-state index contributed by atoms with van der Waals surface area (Å²) < 4.78 is 11.2. The zero-order chi connectivity index (χ0) is 17.9. The molecule has 4 nitrogen and oxygen atoms in total. The maximum absolute atomic E-state index is 12.9. The smallest absolute Gasteiger partial charge is 0.311 e. The van der Waals surface area contributed by atoms with Gasteiger partial charge in [0.25, 0.3) is 0 Å². The van der Waals surface area contributed by atoms with Gasteiger partial charge in [-0.05, 0) is 62.3 Å². The van der Waals surface area contributed by atoms with Crippen LogP contribution in [0.4, 0.5) is 0 Å². The van der Waals surface area contributed by atoms with Gasteiger partial charge in [0.1, 0.15) is 6.61 Å². The molecule has 142 valence electrons. The average Bonchev–Trinajstić information content (AvgIpc) is 3.29. The highest BCUT2D eigenvalue weighted by molar-refractivity contribution is 5.74. The fourth-order valence-corrected chi connectivity index (χ4v) is 5.43. The maximum atomic E-state index is 12.9. The summed E-state index contributed by atoms with van der Waals surface area (Å²) in [7, 11) is 1.81. The lowest BCUT2D eigenvalue weighted by molar-refractivity contribution is -0.153. The number of rotatable bonds is 6. The molecular formula is C22H31NO3. The highest BCUT2D eigenvalue weighted by Crippen LogP contribution is 2.49. The van der Waals surface area contributed by atoms with Crippen LogP contribution in [0.1, 0.15) is 50.5 Å². The number of nitrogens with one attached hydrogen (secondary N) is 1. The van der Waals surface area contributed by atoms with Gasteiger partial charge < -0.3 is 14.8 Å². The topological polar surface area (TPSA) is 47.6 Å². The minimum absolute atomic E-state index is 0.00382. The monoisotopic (exact) mass is 357 g/mol. The van der Waals surface area contributed by atoms with E-state index in [0.29, 0.717) is 36.6 Å². The first-order chi connectivity index (χ1) is 12.7. The van der Waals surface area contributed by atoms with Gasteiger partial charge in [0.2, 0.25) is 0 Å². The first-order valence-electron chi connectivity index (χ1n) is 10.2. The molecular weight excluding hydrogens is 326 g/mol. The predicted molar refractivity (Wildman–Crippen MR) is 101 cm³/mol. The van der Waals surface area contributed by atoms with Crippen molar-refractivity contribution in [2.45, 2.75) is 69.7 Å². The lowest BCUT2D eigenvalue weighted by Gasteiger charge is -2.36. The SMILES string of the molecule is COC1CCC(N[C@@H]2[C@H]3CC[C@@H](C3)[C@@H]2C(=O)OCc2ccccc2)CC1. The molecule has 0 heterocycles. The molecule has 4 atom stereocenters. The molecule has 0 radical (unpaired) electrons. The van der Waals surface area contributed by atoms with Crippen molar-refractivity contribution in [3.05, 3.63) is 35.9 Å². The van der Waals surface area contributed by atoms with E-state index in [0.717, 1.165) is 31.2 Å². The van der Waals surface area contributed by atoms with Crippen molar-refractivity contribution < 1.29 is 14.3 Å². The molecule has 0 spiro atoms. The molecule has 0 amide bonds. The van der Waals surface area contributed by atoms with Crippen LogP contribution >= 0.6 is 0 Å². The number of methoxy groups -OCH3 is 1. The minimum atomic E-state index is 0.00382. The number of benzene rings is 1. The Balaban J connectivity index is 1.35. The Morgan fingerprint density at radius 1 is 1.04 bits per heavy atom. The Kier molecular flexibility index (Phi) is 5.60. The molecule has 2 bridgehead atoms. The quantitative estimate of drug-likeness (QED) is 0.789. The molecule has 4 heteroatoms. The number of carbonyl (C=O) groups is 1. The van der Waals surface area contributed by atoms with Crippen LogP contribution < -0.4 is 5.32 Å². The molecule has 1 aromatic rings. The van der Waals surface area contributed by atoms with Gasteiger partial charge in [0.15, 0.2) is 0 Å².